The second-order valence-electron chi connectivity index (χ2n) is 9.13. The van der Waals surface area contributed by atoms with Gasteiger partial charge in [0.1, 0.15) is 12.0 Å². The number of thiophene rings is 2. The van der Waals surface area contributed by atoms with E-state index >= 15 is 0 Å². The minimum absolute atomic E-state index is 0.0518. The monoisotopic (exact) mass is 430 g/mol. The molecule has 3 fully saturated rings. The van der Waals surface area contributed by atoms with Crippen LogP contribution in [0.15, 0.2) is 46.7 Å². The zero-order valence-corrected chi connectivity index (χ0v) is 19.4. The van der Waals surface area contributed by atoms with Crippen LogP contribution in [-0.2, 0) is 14.9 Å². The summed E-state index contributed by atoms with van der Waals surface area (Å²) < 4.78 is 7.45. The molecule has 3 aliphatic heterocycles. The molecule has 1 atom stereocenters. The van der Waals surface area contributed by atoms with Crippen LogP contribution in [0.5, 0.6) is 0 Å². The Kier molecular flexibility index (Phi) is 6.01. The lowest BCUT2D eigenvalue weighted by Gasteiger charge is -2.52. The highest BCUT2D eigenvalue weighted by atomic mass is 32.1. The van der Waals surface area contributed by atoms with Gasteiger partial charge in [-0.3, -0.25) is 4.79 Å². The molecule has 2 aromatic heterocycles. The Balaban J connectivity index is 1.52. The standard InChI is InChI=1S/C24H32NO2S2/c1-18(2)7-4-12-25-13-10-19(11-14-25)20(17-25)27-23(26)24(3,21-8-5-15-28-21)22-9-6-16-29-22/h5-9,15-16,19-20H,4,10-14,17H2,1-3H3/q+1/t19?,20-,25?/m0/s1. The largest absolute Gasteiger partial charge is 0.455 e. The van der Waals surface area contributed by atoms with Crippen molar-refractivity contribution >= 4 is 28.6 Å². The molecule has 5 rings (SSSR count). The predicted octanol–water partition coefficient (Wildman–Crippen LogP) is 5.62. The number of allylic oxidation sites excluding steroid dienone is 1. The second kappa shape index (κ2) is 8.37. The van der Waals surface area contributed by atoms with E-state index in [-0.39, 0.29) is 12.1 Å². The fourth-order valence-corrected chi connectivity index (χ4v) is 6.84. The van der Waals surface area contributed by atoms with Crippen LogP contribution in [0.4, 0.5) is 0 Å². The third-order valence-electron chi connectivity index (χ3n) is 6.89. The van der Waals surface area contributed by atoms with Crippen LogP contribution < -0.4 is 0 Å². The normalized spacial score (nSPS) is 26.3. The van der Waals surface area contributed by atoms with Crippen LogP contribution >= 0.6 is 22.7 Å². The molecule has 0 unspecified atom stereocenters. The summed E-state index contributed by atoms with van der Waals surface area (Å²) in [5.41, 5.74) is 0.682. The highest BCUT2D eigenvalue weighted by molar-refractivity contribution is 7.12. The van der Waals surface area contributed by atoms with E-state index in [4.69, 9.17) is 4.74 Å². The lowest BCUT2D eigenvalue weighted by Crippen LogP contribution is -2.65. The highest BCUT2D eigenvalue weighted by Gasteiger charge is 2.49. The van der Waals surface area contributed by atoms with E-state index in [1.807, 2.05) is 29.8 Å². The Morgan fingerprint density at radius 3 is 2.31 bits per heavy atom. The van der Waals surface area contributed by atoms with Gasteiger partial charge in [-0.1, -0.05) is 23.8 Å². The van der Waals surface area contributed by atoms with Gasteiger partial charge < -0.3 is 9.22 Å². The van der Waals surface area contributed by atoms with Crippen molar-refractivity contribution in [3.05, 3.63) is 56.4 Å². The zero-order chi connectivity index (χ0) is 20.5. The van der Waals surface area contributed by atoms with Crippen molar-refractivity contribution in [1.29, 1.82) is 0 Å². The number of ether oxygens (including phenoxy) is 1. The van der Waals surface area contributed by atoms with E-state index in [1.54, 1.807) is 22.7 Å². The molecule has 3 saturated heterocycles. The van der Waals surface area contributed by atoms with Gasteiger partial charge in [0.25, 0.3) is 0 Å². The first-order chi connectivity index (χ1) is 13.9. The minimum atomic E-state index is -0.707. The van der Waals surface area contributed by atoms with Crippen molar-refractivity contribution in [2.24, 2.45) is 5.92 Å². The number of rotatable bonds is 7. The predicted molar refractivity (Wildman–Crippen MR) is 121 cm³/mol. The van der Waals surface area contributed by atoms with Crippen LogP contribution in [0, 0.1) is 5.92 Å². The number of piperidine rings is 3. The Labute approximate surface area is 182 Å². The molecule has 0 saturated carbocycles. The summed E-state index contributed by atoms with van der Waals surface area (Å²) in [6, 6.07) is 8.18. The Morgan fingerprint density at radius 2 is 1.79 bits per heavy atom. The number of quaternary nitrogens is 1. The molecule has 156 valence electrons. The molecule has 3 nitrogen and oxygen atoms in total. The number of hydrogen-bond acceptors (Lipinski definition) is 4. The smallest absolute Gasteiger partial charge is 0.322 e. The lowest BCUT2D eigenvalue weighted by molar-refractivity contribution is -0.945. The zero-order valence-electron chi connectivity index (χ0n) is 17.7. The summed E-state index contributed by atoms with van der Waals surface area (Å²) in [6.45, 7) is 11.0. The van der Waals surface area contributed by atoms with Gasteiger partial charge in [-0.25, -0.2) is 0 Å². The Morgan fingerprint density at radius 1 is 1.17 bits per heavy atom. The molecular formula is C24H32NO2S2+. The van der Waals surface area contributed by atoms with E-state index in [1.165, 1.54) is 38.0 Å². The topological polar surface area (TPSA) is 26.3 Å². The second-order valence-corrected chi connectivity index (χ2v) is 11.0. The van der Waals surface area contributed by atoms with Crippen LogP contribution in [0.2, 0.25) is 0 Å². The van der Waals surface area contributed by atoms with Crippen molar-refractivity contribution < 1.29 is 14.0 Å². The quantitative estimate of drug-likeness (QED) is 0.323. The van der Waals surface area contributed by atoms with Gasteiger partial charge in [0, 0.05) is 34.9 Å². The summed E-state index contributed by atoms with van der Waals surface area (Å²) in [6.07, 6.45) is 5.88. The first-order valence-electron chi connectivity index (χ1n) is 10.7. The Bertz CT molecular complexity index is 807. The van der Waals surface area contributed by atoms with Crippen molar-refractivity contribution in [2.45, 2.75) is 51.6 Å². The van der Waals surface area contributed by atoms with E-state index in [2.05, 4.69) is 32.1 Å². The first kappa shape index (κ1) is 20.8. The number of esters is 1. The molecule has 0 spiro atoms. The number of hydrogen-bond donors (Lipinski definition) is 0. The highest BCUT2D eigenvalue weighted by Crippen LogP contribution is 2.41. The maximum Gasteiger partial charge on any atom is 0.322 e. The molecule has 0 radical (unpaired) electrons. The van der Waals surface area contributed by atoms with Crippen molar-refractivity contribution in [3.8, 4) is 0 Å². The van der Waals surface area contributed by atoms with Crippen LogP contribution in [-0.4, -0.2) is 42.7 Å². The maximum absolute atomic E-state index is 13.6. The van der Waals surface area contributed by atoms with Crippen molar-refractivity contribution in [1.82, 2.24) is 0 Å². The van der Waals surface area contributed by atoms with Gasteiger partial charge in [0.05, 0.1) is 19.6 Å². The molecule has 0 aliphatic carbocycles. The van der Waals surface area contributed by atoms with E-state index in [0.29, 0.717) is 5.92 Å². The SMILES string of the molecule is CC(C)=CCC[N+]12CCC(CC1)[C@@H](OC(=O)C(C)(c1cccs1)c1cccs1)C2. The summed E-state index contributed by atoms with van der Waals surface area (Å²) in [5.74, 6) is 0.446. The average Bonchev–Trinajstić information content (AvgIpc) is 3.42. The average molecular weight is 431 g/mol. The molecule has 29 heavy (non-hydrogen) atoms. The molecular weight excluding hydrogens is 398 g/mol. The van der Waals surface area contributed by atoms with Crippen LogP contribution in [0.3, 0.4) is 0 Å². The number of carbonyl (C=O) groups is 1. The number of carbonyl (C=O) groups excluding carboxylic acids is 1. The minimum Gasteiger partial charge on any atom is -0.455 e. The van der Waals surface area contributed by atoms with E-state index < -0.39 is 5.41 Å². The molecule has 0 amide bonds. The fourth-order valence-electron chi connectivity index (χ4n) is 5.00. The van der Waals surface area contributed by atoms with Gasteiger partial charge in [0.2, 0.25) is 0 Å². The van der Waals surface area contributed by atoms with Crippen LogP contribution in [0.1, 0.15) is 49.8 Å². The van der Waals surface area contributed by atoms with Gasteiger partial charge >= 0.3 is 5.97 Å². The Hall–Kier alpha value is -1.43. The molecule has 2 aromatic rings. The van der Waals surface area contributed by atoms with Gasteiger partial charge in [-0.05, 0) is 43.7 Å². The van der Waals surface area contributed by atoms with Gasteiger partial charge in [0.15, 0.2) is 6.10 Å². The third kappa shape index (κ3) is 4.10. The third-order valence-corrected chi connectivity index (χ3v) is 9.08. The van der Waals surface area contributed by atoms with Gasteiger partial charge in [-0.2, -0.15) is 0 Å². The lowest BCUT2D eigenvalue weighted by atomic mass is 9.82. The molecule has 2 bridgehead atoms. The fraction of sp³-hybridized carbons (Fsp3) is 0.542. The molecule has 5 heteroatoms. The molecule has 0 N–H and O–H groups in total. The van der Waals surface area contributed by atoms with Crippen LogP contribution in [0.25, 0.3) is 0 Å². The summed E-state index contributed by atoms with van der Waals surface area (Å²) >= 11 is 3.28. The van der Waals surface area contributed by atoms with Crippen molar-refractivity contribution in [3.63, 3.8) is 0 Å². The maximum atomic E-state index is 13.6. The summed E-state index contributed by atoms with van der Waals surface area (Å²) in [4.78, 5) is 15.7. The first-order valence-corrected chi connectivity index (χ1v) is 12.5. The number of fused-ring (bicyclic) bond motifs is 3. The van der Waals surface area contributed by atoms with E-state index in [0.717, 1.165) is 27.2 Å². The molecule has 3 aliphatic rings. The van der Waals surface area contributed by atoms with Gasteiger partial charge in [-0.15, -0.1) is 22.7 Å². The van der Waals surface area contributed by atoms with E-state index in [9.17, 15) is 4.79 Å². The van der Waals surface area contributed by atoms with Crippen molar-refractivity contribution in [2.75, 3.05) is 26.2 Å². The molecule has 0 aromatic carbocycles. The molecule has 5 heterocycles. The number of nitrogens with zero attached hydrogens (tertiary/aromatic N) is 1. The summed E-state index contributed by atoms with van der Waals surface area (Å²) in [5, 5.41) is 4.10. The summed E-state index contributed by atoms with van der Waals surface area (Å²) in [7, 11) is 0.